The number of nitrogens with zero attached hydrogens (tertiary/aromatic N) is 3. The summed E-state index contributed by atoms with van der Waals surface area (Å²) in [6.07, 6.45) is -2.53. The van der Waals surface area contributed by atoms with Gasteiger partial charge in [-0.3, -0.25) is 23.8 Å². The second kappa shape index (κ2) is 13.3. The number of carbonyl (C=O) groups is 1. The van der Waals surface area contributed by atoms with E-state index < -0.39 is 47.1 Å². The quantitative estimate of drug-likeness (QED) is 0.169. The molecular formula is C25H34N3O11PS. The van der Waals surface area contributed by atoms with Crippen molar-refractivity contribution < 1.29 is 46.9 Å². The van der Waals surface area contributed by atoms with Gasteiger partial charge < -0.3 is 19.6 Å². The molecule has 0 aliphatic carbocycles. The number of non-ortho nitro benzene ring substituents is 1. The number of hydrogen-bond donors (Lipinski definition) is 3. The van der Waals surface area contributed by atoms with Gasteiger partial charge in [-0.25, -0.2) is 17.8 Å². The topological polar surface area (TPSA) is 197 Å². The first-order chi connectivity index (χ1) is 19.1. The second-order valence-corrected chi connectivity index (χ2v) is 13.2. The molecular weight excluding hydrogens is 581 g/mol. The zero-order valence-corrected chi connectivity index (χ0v) is 24.5. The normalized spacial score (nSPS) is 17.3. The van der Waals surface area contributed by atoms with Crippen LogP contribution in [-0.2, 0) is 30.3 Å². The van der Waals surface area contributed by atoms with Crippen LogP contribution >= 0.6 is 7.82 Å². The number of benzene rings is 2. The highest BCUT2D eigenvalue weighted by atomic mass is 32.2. The summed E-state index contributed by atoms with van der Waals surface area (Å²) < 4.78 is 51.2. The molecule has 0 spiro atoms. The van der Waals surface area contributed by atoms with E-state index in [1.165, 1.54) is 13.0 Å². The minimum absolute atomic E-state index is 0.0105. The lowest BCUT2D eigenvalue weighted by molar-refractivity contribution is -0.384. The number of sulfonamides is 1. The zero-order valence-electron chi connectivity index (χ0n) is 22.8. The van der Waals surface area contributed by atoms with E-state index >= 15 is 0 Å². The van der Waals surface area contributed by atoms with Crippen molar-refractivity contribution >= 4 is 35.3 Å². The van der Waals surface area contributed by atoms with Gasteiger partial charge in [0.1, 0.15) is 0 Å². The van der Waals surface area contributed by atoms with Crippen LogP contribution in [0.1, 0.15) is 32.8 Å². The maximum Gasteiger partial charge on any atom is 0.469 e. The predicted octanol–water partition coefficient (Wildman–Crippen LogP) is 3.62. The SMILES string of the molecule is CC(C)CN(c1ccccc1C[C@@H](OP(=O)(O)O)[C@H](C)N(C(=O)O)[C@H]1CCOC1)S(=O)(=O)c1ccc([N+](=O)[O-])cc1. The summed E-state index contributed by atoms with van der Waals surface area (Å²) in [7, 11) is -9.36. The Labute approximate surface area is 237 Å². The van der Waals surface area contributed by atoms with E-state index in [4.69, 9.17) is 9.26 Å². The minimum Gasteiger partial charge on any atom is -0.465 e. The van der Waals surface area contributed by atoms with Gasteiger partial charge >= 0.3 is 13.9 Å². The first-order valence-electron chi connectivity index (χ1n) is 12.8. The molecule has 0 saturated carbocycles. The zero-order chi connectivity index (χ0) is 30.5. The van der Waals surface area contributed by atoms with E-state index in [2.05, 4.69) is 0 Å². The van der Waals surface area contributed by atoms with Crippen LogP contribution < -0.4 is 4.31 Å². The van der Waals surface area contributed by atoms with Gasteiger partial charge in [0, 0.05) is 31.7 Å². The average molecular weight is 616 g/mol. The minimum atomic E-state index is -5.11. The molecule has 2 aromatic rings. The van der Waals surface area contributed by atoms with Crippen LogP contribution in [0.5, 0.6) is 0 Å². The van der Waals surface area contributed by atoms with E-state index in [0.717, 1.165) is 33.5 Å². The molecule has 1 saturated heterocycles. The van der Waals surface area contributed by atoms with Crippen molar-refractivity contribution in [2.75, 3.05) is 24.1 Å². The molecule has 1 fully saturated rings. The van der Waals surface area contributed by atoms with Crippen molar-refractivity contribution in [3.8, 4) is 0 Å². The van der Waals surface area contributed by atoms with E-state index in [1.54, 1.807) is 32.0 Å². The number of carboxylic acid groups (broad SMARTS) is 1. The average Bonchev–Trinajstić information content (AvgIpc) is 3.40. The van der Waals surface area contributed by atoms with E-state index in [0.29, 0.717) is 18.6 Å². The summed E-state index contributed by atoms with van der Waals surface area (Å²) >= 11 is 0. The number of ether oxygens (including phenoxy) is 1. The monoisotopic (exact) mass is 615 g/mol. The molecule has 226 valence electrons. The molecule has 3 rings (SSSR count). The molecule has 2 aromatic carbocycles. The van der Waals surface area contributed by atoms with Gasteiger partial charge in [-0.2, -0.15) is 0 Å². The second-order valence-electron chi connectivity index (χ2n) is 10.1. The fourth-order valence-electron chi connectivity index (χ4n) is 4.72. The van der Waals surface area contributed by atoms with Gasteiger partial charge in [-0.15, -0.1) is 0 Å². The molecule has 0 unspecified atom stereocenters. The summed E-state index contributed by atoms with van der Waals surface area (Å²) in [5.74, 6) is -0.165. The Bertz CT molecular complexity index is 1380. The van der Waals surface area contributed by atoms with Gasteiger partial charge in [-0.05, 0) is 43.0 Å². The lowest BCUT2D eigenvalue weighted by Gasteiger charge is -2.36. The Morgan fingerprint density at radius 2 is 1.80 bits per heavy atom. The molecule has 1 amide bonds. The molecule has 0 aromatic heterocycles. The molecule has 1 heterocycles. The van der Waals surface area contributed by atoms with Crippen LogP contribution in [0, 0.1) is 16.0 Å². The Morgan fingerprint density at radius 1 is 1.17 bits per heavy atom. The lowest BCUT2D eigenvalue weighted by atomic mass is 9.99. The van der Waals surface area contributed by atoms with Crippen molar-refractivity contribution in [1.82, 2.24) is 4.90 Å². The number of rotatable bonds is 13. The van der Waals surface area contributed by atoms with Crippen LogP contribution in [0.15, 0.2) is 53.4 Å². The Morgan fingerprint density at radius 3 is 2.32 bits per heavy atom. The largest absolute Gasteiger partial charge is 0.469 e. The number of phosphoric ester groups is 1. The van der Waals surface area contributed by atoms with E-state index in [-0.39, 0.29) is 41.8 Å². The van der Waals surface area contributed by atoms with Crippen molar-refractivity contribution in [1.29, 1.82) is 0 Å². The molecule has 3 atom stereocenters. The number of nitro benzene ring substituents is 1. The van der Waals surface area contributed by atoms with Gasteiger partial charge in [-0.1, -0.05) is 32.0 Å². The fraction of sp³-hybridized carbons (Fsp3) is 0.480. The summed E-state index contributed by atoms with van der Waals surface area (Å²) in [6, 6.07) is 9.16. The molecule has 16 heteroatoms. The predicted molar refractivity (Wildman–Crippen MR) is 148 cm³/mol. The Hall–Kier alpha value is -3.07. The number of hydrogen-bond acceptors (Lipinski definition) is 8. The van der Waals surface area contributed by atoms with E-state index in [9.17, 15) is 42.8 Å². The van der Waals surface area contributed by atoms with Crippen LogP contribution in [0.3, 0.4) is 0 Å². The molecule has 14 nitrogen and oxygen atoms in total. The van der Waals surface area contributed by atoms with Crippen LogP contribution in [-0.4, -0.2) is 77.2 Å². The first kappa shape index (κ1) is 32.4. The van der Waals surface area contributed by atoms with Crippen LogP contribution in [0.2, 0.25) is 0 Å². The molecule has 0 bridgehead atoms. The molecule has 1 aliphatic rings. The van der Waals surface area contributed by atoms with Crippen molar-refractivity contribution in [2.24, 2.45) is 5.92 Å². The smallest absolute Gasteiger partial charge is 0.465 e. The fourth-order valence-corrected chi connectivity index (χ4v) is 6.99. The standard InChI is InChI=1S/C25H34N3O11PS/c1-17(2)15-26(41(36,37)22-10-8-20(9-11-22)28(31)32)23-7-5-4-6-19(23)14-24(39-40(33,34)35)18(3)27(25(29)30)21-12-13-38-16-21/h4-11,17-18,21,24H,12-16H2,1-3H3,(H,29,30)(H2,33,34,35)/t18-,21-,24+/m0/s1. The first-order valence-corrected chi connectivity index (χ1v) is 15.8. The third kappa shape index (κ3) is 8.24. The summed E-state index contributed by atoms with van der Waals surface area (Å²) in [6.45, 7) is 5.53. The number of anilines is 1. The molecule has 3 N–H and O–H groups in total. The van der Waals surface area contributed by atoms with Gasteiger partial charge in [0.2, 0.25) is 0 Å². The molecule has 1 aliphatic heterocycles. The summed E-state index contributed by atoms with van der Waals surface area (Å²) in [4.78, 5) is 42.8. The molecule has 41 heavy (non-hydrogen) atoms. The van der Waals surface area contributed by atoms with Gasteiger partial charge in [0.25, 0.3) is 15.7 Å². The lowest BCUT2D eigenvalue weighted by Crippen LogP contribution is -2.51. The maximum atomic E-state index is 13.8. The highest BCUT2D eigenvalue weighted by Gasteiger charge is 2.39. The summed E-state index contributed by atoms with van der Waals surface area (Å²) in [5, 5.41) is 21.0. The maximum absolute atomic E-state index is 13.8. The van der Waals surface area contributed by atoms with E-state index in [1.807, 2.05) is 0 Å². The highest BCUT2D eigenvalue weighted by Crippen LogP contribution is 2.41. The van der Waals surface area contributed by atoms with Crippen molar-refractivity contribution in [3.05, 3.63) is 64.2 Å². The summed E-state index contributed by atoms with van der Waals surface area (Å²) in [5.41, 5.74) is 0.246. The third-order valence-electron chi connectivity index (χ3n) is 6.62. The van der Waals surface area contributed by atoms with Gasteiger partial charge in [0.15, 0.2) is 0 Å². The number of phosphoric acid groups is 1. The highest BCUT2D eigenvalue weighted by molar-refractivity contribution is 7.92. The van der Waals surface area contributed by atoms with Gasteiger partial charge in [0.05, 0.1) is 40.3 Å². The van der Waals surface area contributed by atoms with Crippen molar-refractivity contribution in [2.45, 2.75) is 56.7 Å². The molecule has 0 radical (unpaired) electrons. The Kier molecular flexibility index (Phi) is 10.5. The number of nitro groups is 1. The third-order valence-corrected chi connectivity index (χ3v) is 8.96. The Balaban J connectivity index is 2.06. The van der Waals surface area contributed by atoms with Crippen LogP contribution in [0.4, 0.5) is 16.2 Å². The van der Waals surface area contributed by atoms with Crippen molar-refractivity contribution in [3.63, 3.8) is 0 Å². The van der Waals surface area contributed by atoms with Crippen LogP contribution in [0.25, 0.3) is 0 Å². The number of amides is 1. The number of para-hydroxylation sites is 1.